The van der Waals surface area contributed by atoms with E-state index in [1.54, 1.807) is 13.4 Å². The molecule has 6 heteroatoms. The van der Waals surface area contributed by atoms with Crippen LogP contribution in [0.25, 0.3) is 0 Å². The maximum atomic E-state index is 11.9. The molecule has 0 spiro atoms. The van der Waals surface area contributed by atoms with Crippen LogP contribution in [-0.4, -0.2) is 41.1 Å². The van der Waals surface area contributed by atoms with Crippen LogP contribution in [0.3, 0.4) is 0 Å². The van der Waals surface area contributed by atoms with E-state index in [2.05, 4.69) is 10.2 Å². The minimum absolute atomic E-state index is 0.188. The quantitative estimate of drug-likeness (QED) is 0.677. The summed E-state index contributed by atoms with van der Waals surface area (Å²) in [6, 6.07) is 0. The molecule has 2 rings (SSSR count). The van der Waals surface area contributed by atoms with Crippen LogP contribution < -0.4 is 0 Å². The Morgan fingerprint density at radius 2 is 2.35 bits per heavy atom. The van der Waals surface area contributed by atoms with Crippen molar-refractivity contribution in [3.05, 3.63) is 12.2 Å². The highest BCUT2D eigenvalue weighted by Gasteiger charge is 2.56. The van der Waals surface area contributed by atoms with E-state index in [1.807, 2.05) is 11.5 Å². The number of aromatic nitrogens is 3. The lowest BCUT2D eigenvalue weighted by molar-refractivity contribution is -0.146. The van der Waals surface area contributed by atoms with Gasteiger partial charge < -0.3 is 14.0 Å². The van der Waals surface area contributed by atoms with Crippen molar-refractivity contribution < 1.29 is 14.3 Å². The van der Waals surface area contributed by atoms with Crippen LogP contribution in [-0.2, 0) is 26.2 Å². The van der Waals surface area contributed by atoms with Gasteiger partial charge in [0.05, 0.1) is 13.2 Å². The Morgan fingerprint density at radius 3 is 2.94 bits per heavy atom. The maximum Gasteiger partial charge on any atom is 0.319 e. The van der Waals surface area contributed by atoms with Gasteiger partial charge in [0.1, 0.15) is 17.6 Å². The van der Waals surface area contributed by atoms with Crippen molar-refractivity contribution in [2.45, 2.75) is 31.7 Å². The summed E-state index contributed by atoms with van der Waals surface area (Å²) < 4.78 is 12.0. The molecule has 17 heavy (non-hydrogen) atoms. The van der Waals surface area contributed by atoms with E-state index in [0.717, 1.165) is 12.8 Å². The molecule has 1 aliphatic rings. The highest BCUT2D eigenvalue weighted by molar-refractivity contribution is 5.85. The molecule has 1 fully saturated rings. The lowest BCUT2D eigenvalue weighted by Crippen LogP contribution is -2.27. The van der Waals surface area contributed by atoms with Crippen molar-refractivity contribution in [1.29, 1.82) is 0 Å². The third kappa shape index (κ3) is 2.17. The molecule has 0 aromatic carbocycles. The average Bonchev–Trinajstić information content (AvgIpc) is 3.00. The topological polar surface area (TPSA) is 66.2 Å². The van der Waals surface area contributed by atoms with Crippen molar-refractivity contribution in [2.24, 2.45) is 0 Å². The van der Waals surface area contributed by atoms with Crippen molar-refractivity contribution in [3.8, 4) is 0 Å². The minimum Gasteiger partial charge on any atom is -0.465 e. The van der Waals surface area contributed by atoms with Crippen molar-refractivity contribution in [1.82, 2.24) is 14.8 Å². The third-order valence-corrected chi connectivity index (χ3v) is 3.00. The van der Waals surface area contributed by atoms with E-state index < -0.39 is 5.41 Å². The summed E-state index contributed by atoms with van der Waals surface area (Å²) in [5.41, 5.74) is -0.555. The molecule has 94 valence electrons. The molecular weight excluding hydrogens is 222 g/mol. The summed E-state index contributed by atoms with van der Waals surface area (Å²) in [6.07, 6.45) is 3.21. The summed E-state index contributed by atoms with van der Waals surface area (Å²) in [4.78, 5) is 11.9. The van der Waals surface area contributed by atoms with E-state index in [4.69, 9.17) is 9.47 Å². The number of methoxy groups -OCH3 is 1. The zero-order valence-corrected chi connectivity index (χ0v) is 10.2. The Labute approximate surface area is 99.9 Å². The number of esters is 1. The summed E-state index contributed by atoms with van der Waals surface area (Å²) in [6.45, 7) is 3.43. The number of carbonyl (C=O) groups excluding carboxylic acids is 1. The molecule has 0 saturated heterocycles. The largest absolute Gasteiger partial charge is 0.465 e. The fourth-order valence-corrected chi connectivity index (χ4v) is 1.89. The van der Waals surface area contributed by atoms with Gasteiger partial charge in [-0.05, 0) is 19.8 Å². The van der Waals surface area contributed by atoms with Gasteiger partial charge in [0.2, 0.25) is 0 Å². The first-order valence-corrected chi connectivity index (χ1v) is 5.79. The lowest BCUT2D eigenvalue weighted by atomic mass is 10.1. The fraction of sp³-hybridized carbons (Fsp3) is 0.727. The molecule has 0 atom stereocenters. The predicted octanol–water partition coefficient (Wildman–Crippen LogP) is 0.519. The predicted molar refractivity (Wildman–Crippen MR) is 59.4 cm³/mol. The minimum atomic E-state index is -0.555. The van der Waals surface area contributed by atoms with Gasteiger partial charge in [-0.25, -0.2) is 0 Å². The zero-order chi connectivity index (χ0) is 12.3. The van der Waals surface area contributed by atoms with Gasteiger partial charge in [0, 0.05) is 13.7 Å². The molecular formula is C11H17N3O3. The number of rotatable bonds is 6. The number of carbonyl (C=O) groups is 1. The van der Waals surface area contributed by atoms with E-state index in [-0.39, 0.29) is 5.97 Å². The van der Waals surface area contributed by atoms with Crippen molar-refractivity contribution in [3.63, 3.8) is 0 Å². The van der Waals surface area contributed by atoms with Crippen LogP contribution in [0.4, 0.5) is 0 Å². The lowest BCUT2D eigenvalue weighted by Gasteiger charge is -2.14. The van der Waals surface area contributed by atoms with Gasteiger partial charge in [0.25, 0.3) is 0 Å². The van der Waals surface area contributed by atoms with E-state index in [1.165, 1.54) is 0 Å². The summed E-state index contributed by atoms with van der Waals surface area (Å²) in [7, 11) is 1.64. The van der Waals surface area contributed by atoms with E-state index >= 15 is 0 Å². The smallest absolute Gasteiger partial charge is 0.319 e. The highest BCUT2D eigenvalue weighted by atomic mass is 16.5. The zero-order valence-electron chi connectivity index (χ0n) is 10.2. The Hall–Kier alpha value is -1.43. The third-order valence-electron chi connectivity index (χ3n) is 3.00. The molecule has 0 bridgehead atoms. The number of hydrogen-bond donors (Lipinski definition) is 0. The second kappa shape index (κ2) is 4.83. The fourth-order valence-electron chi connectivity index (χ4n) is 1.89. The van der Waals surface area contributed by atoms with Gasteiger partial charge in [-0.15, -0.1) is 10.2 Å². The Bertz CT molecular complexity index is 398. The van der Waals surface area contributed by atoms with Gasteiger partial charge in [-0.3, -0.25) is 4.79 Å². The Balaban J connectivity index is 2.16. The average molecular weight is 239 g/mol. The van der Waals surface area contributed by atoms with Crippen molar-refractivity contribution >= 4 is 5.97 Å². The molecule has 1 aromatic heterocycles. The normalized spacial score (nSPS) is 16.8. The van der Waals surface area contributed by atoms with Crippen LogP contribution in [0.2, 0.25) is 0 Å². The summed E-state index contributed by atoms with van der Waals surface area (Å²) in [5.74, 6) is 0.514. The number of nitrogens with zero attached hydrogens (tertiary/aromatic N) is 3. The van der Waals surface area contributed by atoms with Gasteiger partial charge in [-0.1, -0.05) is 0 Å². The van der Waals surface area contributed by atoms with Crippen molar-refractivity contribution in [2.75, 3.05) is 20.3 Å². The number of hydrogen-bond acceptors (Lipinski definition) is 5. The van der Waals surface area contributed by atoms with Gasteiger partial charge >= 0.3 is 5.97 Å². The molecule has 0 radical (unpaired) electrons. The molecule has 1 aromatic rings. The monoisotopic (exact) mass is 239 g/mol. The van der Waals surface area contributed by atoms with E-state index in [9.17, 15) is 4.79 Å². The first kappa shape index (κ1) is 12.0. The molecule has 1 saturated carbocycles. The van der Waals surface area contributed by atoms with Crippen LogP contribution in [0.15, 0.2) is 6.33 Å². The molecule has 0 unspecified atom stereocenters. The van der Waals surface area contributed by atoms with Crippen LogP contribution in [0.5, 0.6) is 0 Å². The molecule has 0 amide bonds. The summed E-state index contributed by atoms with van der Waals surface area (Å²) >= 11 is 0. The number of ether oxygens (including phenoxy) is 2. The van der Waals surface area contributed by atoms with Gasteiger partial charge in [0.15, 0.2) is 0 Å². The Morgan fingerprint density at radius 1 is 1.59 bits per heavy atom. The van der Waals surface area contributed by atoms with Crippen LogP contribution >= 0.6 is 0 Å². The molecule has 0 aliphatic heterocycles. The molecule has 1 heterocycles. The molecule has 6 nitrogen and oxygen atoms in total. The first-order chi connectivity index (χ1) is 8.24. The van der Waals surface area contributed by atoms with E-state index in [0.29, 0.717) is 25.6 Å². The SMILES string of the molecule is CCOC(=O)C1(c2nncn2CCOC)CC1. The highest BCUT2D eigenvalue weighted by Crippen LogP contribution is 2.48. The standard InChI is InChI=1S/C11H17N3O3/c1-3-17-10(15)11(4-5-11)9-13-12-8-14(9)6-7-16-2/h8H,3-7H2,1-2H3. The summed E-state index contributed by atoms with van der Waals surface area (Å²) in [5, 5.41) is 7.94. The van der Waals surface area contributed by atoms with Crippen LogP contribution in [0.1, 0.15) is 25.6 Å². The van der Waals surface area contributed by atoms with Gasteiger partial charge in [-0.2, -0.15) is 0 Å². The first-order valence-electron chi connectivity index (χ1n) is 5.79. The Kier molecular flexibility index (Phi) is 3.42. The van der Waals surface area contributed by atoms with Crippen LogP contribution in [0, 0.1) is 0 Å². The maximum absolute atomic E-state index is 11.9. The molecule has 0 N–H and O–H groups in total. The second-order valence-corrected chi connectivity index (χ2v) is 4.14. The second-order valence-electron chi connectivity index (χ2n) is 4.14. The molecule has 1 aliphatic carbocycles.